The van der Waals surface area contributed by atoms with Gasteiger partial charge in [-0.2, -0.15) is 0 Å². The van der Waals surface area contributed by atoms with Crippen molar-refractivity contribution in [3.05, 3.63) is 32.3 Å². The molecule has 0 aliphatic rings. The average Bonchev–Trinajstić information content (AvgIpc) is 2.17. The van der Waals surface area contributed by atoms with Gasteiger partial charge in [0.05, 0.1) is 4.92 Å². The summed E-state index contributed by atoms with van der Waals surface area (Å²) in [5.74, 6) is 0. The largest absolute Gasteiger partial charge is 0.376 e. The number of benzene rings is 1. The second-order valence-electron chi connectivity index (χ2n) is 4.85. The lowest BCUT2D eigenvalue weighted by molar-refractivity contribution is -0.384. The molecular formula is C11H14BrN3O2S. The van der Waals surface area contributed by atoms with E-state index in [0.717, 1.165) is 5.56 Å². The van der Waals surface area contributed by atoms with Crippen LogP contribution in [0.15, 0.2) is 16.6 Å². The molecule has 0 bridgehead atoms. The van der Waals surface area contributed by atoms with E-state index in [1.165, 1.54) is 6.07 Å². The van der Waals surface area contributed by atoms with Crippen molar-refractivity contribution >= 4 is 44.6 Å². The molecule has 0 aliphatic heterocycles. The highest BCUT2D eigenvalue weighted by molar-refractivity contribution is 9.10. The highest BCUT2D eigenvalue weighted by Gasteiger charge is 2.23. The van der Waals surface area contributed by atoms with E-state index in [4.69, 9.17) is 18.0 Å². The van der Waals surface area contributed by atoms with Gasteiger partial charge in [-0.05, 0) is 45.2 Å². The van der Waals surface area contributed by atoms with Crippen LogP contribution in [0.4, 0.5) is 11.4 Å². The SMILES string of the molecule is CC(C)(C)c1cc(Br)c(NC(N)=S)c([N+](=O)[O-])c1. The number of nitro benzene ring substituents is 1. The highest BCUT2D eigenvalue weighted by atomic mass is 79.9. The van der Waals surface area contributed by atoms with Crippen molar-refractivity contribution in [3.8, 4) is 0 Å². The van der Waals surface area contributed by atoms with Crippen LogP contribution in [0.25, 0.3) is 0 Å². The molecule has 1 rings (SSSR count). The number of nitrogens with two attached hydrogens (primary N) is 1. The Morgan fingerprint density at radius 2 is 2.06 bits per heavy atom. The molecule has 1 aromatic carbocycles. The van der Waals surface area contributed by atoms with Crippen molar-refractivity contribution in [2.75, 3.05) is 5.32 Å². The molecule has 1 aromatic rings. The average molecular weight is 332 g/mol. The zero-order valence-corrected chi connectivity index (χ0v) is 12.7. The summed E-state index contributed by atoms with van der Waals surface area (Å²) in [5.41, 5.74) is 6.26. The molecule has 0 saturated heterocycles. The predicted molar refractivity (Wildman–Crippen MR) is 79.9 cm³/mol. The van der Waals surface area contributed by atoms with Crippen LogP contribution in [0.2, 0.25) is 0 Å². The van der Waals surface area contributed by atoms with E-state index in [-0.39, 0.29) is 21.9 Å². The van der Waals surface area contributed by atoms with Crippen LogP contribution >= 0.6 is 28.1 Å². The lowest BCUT2D eigenvalue weighted by Gasteiger charge is -2.20. The number of halogens is 1. The smallest absolute Gasteiger partial charge is 0.294 e. The van der Waals surface area contributed by atoms with E-state index < -0.39 is 4.92 Å². The van der Waals surface area contributed by atoms with Crippen LogP contribution in [0.5, 0.6) is 0 Å². The van der Waals surface area contributed by atoms with Gasteiger partial charge in [0.1, 0.15) is 5.69 Å². The maximum absolute atomic E-state index is 11.1. The van der Waals surface area contributed by atoms with Crippen molar-refractivity contribution in [3.63, 3.8) is 0 Å². The van der Waals surface area contributed by atoms with Crippen LogP contribution in [0.1, 0.15) is 26.3 Å². The second-order valence-corrected chi connectivity index (χ2v) is 6.14. The van der Waals surface area contributed by atoms with Crippen LogP contribution < -0.4 is 11.1 Å². The van der Waals surface area contributed by atoms with Gasteiger partial charge in [0, 0.05) is 10.5 Å². The van der Waals surface area contributed by atoms with Crippen molar-refractivity contribution in [2.24, 2.45) is 5.73 Å². The summed E-state index contributed by atoms with van der Waals surface area (Å²) in [5, 5.41) is 13.7. The first-order valence-corrected chi connectivity index (χ1v) is 6.38. The summed E-state index contributed by atoms with van der Waals surface area (Å²) < 4.78 is 0.564. The Labute approximate surface area is 119 Å². The van der Waals surface area contributed by atoms with Crippen molar-refractivity contribution in [1.29, 1.82) is 0 Å². The molecule has 0 aromatic heterocycles. The van der Waals surface area contributed by atoms with E-state index in [1.54, 1.807) is 0 Å². The topological polar surface area (TPSA) is 81.2 Å². The van der Waals surface area contributed by atoms with Crippen LogP contribution in [-0.2, 0) is 5.41 Å². The Hall–Kier alpha value is -1.21. The Balaban J connectivity index is 3.45. The summed E-state index contributed by atoms with van der Waals surface area (Å²) in [6.45, 7) is 5.96. The fourth-order valence-corrected chi connectivity index (χ4v) is 2.07. The molecule has 0 amide bonds. The standard InChI is InChI=1S/C11H14BrN3O2S/c1-11(2,3)6-4-7(12)9(14-10(13)18)8(5-6)15(16)17/h4-5H,1-3H3,(H3,13,14,18). The van der Waals surface area contributed by atoms with Gasteiger partial charge in [-0.25, -0.2) is 0 Å². The number of anilines is 1. The van der Waals surface area contributed by atoms with Gasteiger partial charge in [-0.15, -0.1) is 0 Å². The first kappa shape index (κ1) is 14.8. The van der Waals surface area contributed by atoms with Gasteiger partial charge >= 0.3 is 0 Å². The summed E-state index contributed by atoms with van der Waals surface area (Å²) >= 11 is 8.02. The fourth-order valence-electron chi connectivity index (χ4n) is 1.42. The van der Waals surface area contributed by atoms with E-state index in [1.807, 2.05) is 26.8 Å². The predicted octanol–water partition coefficient (Wildman–Crippen LogP) is 3.31. The molecule has 0 fully saturated rings. The van der Waals surface area contributed by atoms with Crippen molar-refractivity contribution < 1.29 is 4.92 Å². The lowest BCUT2D eigenvalue weighted by Crippen LogP contribution is -2.20. The van der Waals surface area contributed by atoms with Crippen molar-refractivity contribution in [1.82, 2.24) is 0 Å². The molecule has 7 heteroatoms. The number of nitrogens with zero attached hydrogens (tertiary/aromatic N) is 1. The molecule has 0 unspecified atom stereocenters. The van der Waals surface area contributed by atoms with Gasteiger partial charge in [0.2, 0.25) is 0 Å². The number of thiocarbonyl (C=S) groups is 1. The van der Waals surface area contributed by atoms with E-state index in [9.17, 15) is 10.1 Å². The molecular weight excluding hydrogens is 318 g/mol. The van der Waals surface area contributed by atoms with Gasteiger partial charge in [0.15, 0.2) is 5.11 Å². The maximum Gasteiger partial charge on any atom is 0.294 e. The molecule has 18 heavy (non-hydrogen) atoms. The van der Waals surface area contributed by atoms with E-state index in [0.29, 0.717) is 4.47 Å². The Morgan fingerprint density at radius 1 is 1.50 bits per heavy atom. The minimum Gasteiger partial charge on any atom is -0.376 e. The quantitative estimate of drug-likeness (QED) is 0.493. The normalized spacial score (nSPS) is 11.1. The van der Waals surface area contributed by atoms with E-state index >= 15 is 0 Å². The van der Waals surface area contributed by atoms with Crippen LogP contribution in [0, 0.1) is 10.1 Å². The molecule has 3 N–H and O–H groups in total. The van der Waals surface area contributed by atoms with Crippen molar-refractivity contribution in [2.45, 2.75) is 26.2 Å². The molecule has 0 atom stereocenters. The first-order chi connectivity index (χ1) is 8.12. The fraction of sp³-hybridized carbons (Fsp3) is 0.364. The molecule has 0 saturated carbocycles. The highest BCUT2D eigenvalue weighted by Crippen LogP contribution is 2.37. The van der Waals surface area contributed by atoms with Gasteiger partial charge in [-0.1, -0.05) is 20.8 Å². The maximum atomic E-state index is 11.1. The molecule has 0 heterocycles. The number of hydrogen-bond acceptors (Lipinski definition) is 3. The van der Waals surface area contributed by atoms with Crippen LogP contribution in [0.3, 0.4) is 0 Å². The first-order valence-electron chi connectivity index (χ1n) is 5.18. The van der Waals surface area contributed by atoms with E-state index in [2.05, 4.69) is 21.2 Å². The third kappa shape index (κ3) is 3.39. The zero-order valence-electron chi connectivity index (χ0n) is 10.3. The van der Waals surface area contributed by atoms with Gasteiger partial charge < -0.3 is 11.1 Å². The number of hydrogen-bond donors (Lipinski definition) is 2. The minimum absolute atomic E-state index is 0.0118. The molecule has 98 valence electrons. The molecule has 0 radical (unpaired) electrons. The number of rotatable bonds is 2. The van der Waals surface area contributed by atoms with Gasteiger partial charge in [0.25, 0.3) is 5.69 Å². The third-order valence-corrected chi connectivity index (χ3v) is 3.11. The number of nitro groups is 1. The third-order valence-electron chi connectivity index (χ3n) is 2.38. The summed E-state index contributed by atoms with van der Waals surface area (Å²) in [6.07, 6.45) is 0. The van der Waals surface area contributed by atoms with Crippen LogP contribution in [-0.4, -0.2) is 10.0 Å². The van der Waals surface area contributed by atoms with Gasteiger partial charge in [-0.3, -0.25) is 10.1 Å². The Bertz CT molecular complexity index is 512. The molecule has 5 nitrogen and oxygen atoms in total. The lowest BCUT2D eigenvalue weighted by atomic mass is 9.86. The zero-order chi connectivity index (χ0) is 14.1. The molecule has 0 spiro atoms. The Morgan fingerprint density at radius 3 is 2.44 bits per heavy atom. The summed E-state index contributed by atoms with van der Waals surface area (Å²) in [6, 6.07) is 3.36. The summed E-state index contributed by atoms with van der Waals surface area (Å²) in [7, 11) is 0. The Kier molecular flexibility index (Phi) is 4.28. The minimum atomic E-state index is -0.458. The number of nitrogens with one attached hydrogen (secondary N) is 1. The second kappa shape index (κ2) is 5.19. The summed E-state index contributed by atoms with van der Waals surface area (Å²) in [4.78, 5) is 10.6. The monoisotopic (exact) mass is 331 g/mol. The molecule has 0 aliphatic carbocycles.